The van der Waals surface area contributed by atoms with Crippen LogP contribution in [0.4, 0.5) is 0 Å². The van der Waals surface area contributed by atoms with Crippen molar-refractivity contribution in [1.29, 1.82) is 0 Å². The van der Waals surface area contributed by atoms with Crippen molar-refractivity contribution in [3.8, 4) is 11.1 Å². The van der Waals surface area contributed by atoms with Crippen LogP contribution in [0.2, 0.25) is 0 Å². The molecule has 4 bridgehead atoms. The lowest BCUT2D eigenvalue weighted by Gasteiger charge is -2.57. The largest absolute Gasteiger partial charge is 0.0741 e. The Hall–Kier alpha value is -2.08. The van der Waals surface area contributed by atoms with Crippen molar-refractivity contribution in [1.82, 2.24) is 0 Å². The first-order valence-electron chi connectivity index (χ1n) is 13.8. The van der Waals surface area contributed by atoms with E-state index in [1.807, 2.05) is 0 Å². The van der Waals surface area contributed by atoms with Crippen LogP contribution in [0.1, 0.15) is 81.8 Å². The van der Waals surface area contributed by atoms with Crippen molar-refractivity contribution in [2.24, 2.45) is 23.7 Å². The third kappa shape index (κ3) is 3.56. The lowest BCUT2D eigenvalue weighted by molar-refractivity contribution is -0.00518. The topological polar surface area (TPSA) is 0 Å². The van der Waals surface area contributed by atoms with Gasteiger partial charge >= 0.3 is 0 Å². The molecule has 2 aromatic carbocycles. The second kappa shape index (κ2) is 7.72. The number of aryl methyl sites for hydroxylation is 1. The van der Waals surface area contributed by atoms with E-state index in [9.17, 15) is 0 Å². The SMILES string of the molecule is Cc1cc(-c2ccc(C34CC5CC(CC(C5)C3)C4)cc2)c2c(c1)=CC(=CC1CCCCC1)C=2. The highest BCUT2D eigenvalue weighted by atomic mass is 14.6. The van der Waals surface area contributed by atoms with Gasteiger partial charge in [-0.25, -0.2) is 0 Å². The third-order valence-corrected chi connectivity index (χ3v) is 9.91. The van der Waals surface area contributed by atoms with Crippen molar-refractivity contribution < 1.29 is 0 Å². The van der Waals surface area contributed by atoms with Crippen LogP contribution in [0.15, 0.2) is 48.0 Å². The summed E-state index contributed by atoms with van der Waals surface area (Å²) >= 11 is 0. The molecule has 0 heteroatoms. The monoisotopic (exact) mass is 434 g/mol. The van der Waals surface area contributed by atoms with Gasteiger partial charge in [0, 0.05) is 0 Å². The van der Waals surface area contributed by atoms with E-state index in [1.165, 1.54) is 103 Å². The molecule has 6 aliphatic carbocycles. The van der Waals surface area contributed by atoms with Gasteiger partial charge in [0.1, 0.15) is 0 Å². The van der Waals surface area contributed by atoms with Crippen LogP contribution in [-0.2, 0) is 5.41 Å². The van der Waals surface area contributed by atoms with E-state index >= 15 is 0 Å². The Morgan fingerprint density at radius 2 is 1.45 bits per heavy atom. The second-order valence-corrected chi connectivity index (χ2v) is 12.4. The quantitative estimate of drug-likeness (QED) is 0.479. The number of hydrogen-bond donors (Lipinski definition) is 0. The number of allylic oxidation sites excluding steroid dienone is 2. The Morgan fingerprint density at radius 3 is 2.12 bits per heavy atom. The zero-order valence-corrected chi connectivity index (χ0v) is 20.3. The molecule has 33 heavy (non-hydrogen) atoms. The van der Waals surface area contributed by atoms with Crippen molar-refractivity contribution in [2.75, 3.05) is 0 Å². The van der Waals surface area contributed by atoms with E-state index in [0.29, 0.717) is 5.41 Å². The molecule has 0 amide bonds. The van der Waals surface area contributed by atoms with Crippen LogP contribution in [0, 0.1) is 30.6 Å². The number of hydrogen-bond acceptors (Lipinski definition) is 0. The molecule has 0 nitrogen and oxygen atoms in total. The average molecular weight is 435 g/mol. The smallest absolute Gasteiger partial charge is 0.00391 e. The highest BCUT2D eigenvalue weighted by Crippen LogP contribution is 2.60. The maximum atomic E-state index is 2.56. The Balaban J connectivity index is 1.23. The number of benzene rings is 2. The summed E-state index contributed by atoms with van der Waals surface area (Å²) in [6.07, 6.45) is 23.4. The maximum Gasteiger partial charge on any atom is -0.00391 e. The Labute approximate surface area is 199 Å². The van der Waals surface area contributed by atoms with Crippen LogP contribution < -0.4 is 10.4 Å². The number of fused-ring (bicyclic) bond motifs is 1. The van der Waals surface area contributed by atoms with Gasteiger partial charge in [-0.05, 0) is 138 Å². The molecule has 0 spiro atoms. The van der Waals surface area contributed by atoms with Gasteiger partial charge in [-0.15, -0.1) is 0 Å². The standard InChI is InChI=1S/C33H38/c1-22-11-29-17-24(13-23-5-3-2-4-6-23)18-32(29)31(12-22)28-7-9-30(10-8-28)33-19-25-14-26(20-33)16-27(15-25)21-33/h7-13,17-18,23,25-27H,2-6,14-16,19-21H2,1H3. The highest BCUT2D eigenvalue weighted by Gasteiger charge is 2.51. The predicted octanol–water partition coefficient (Wildman–Crippen LogP) is 7.21. The Bertz CT molecular complexity index is 1180. The summed E-state index contributed by atoms with van der Waals surface area (Å²) in [5.74, 6) is 3.81. The maximum absolute atomic E-state index is 2.56. The summed E-state index contributed by atoms with van der Waals surface area (Å²) in [6.45, 7) is 2.25. The molecule has 0 atom stereocenters. The molecule has 6 aliphatic rings. The minimum absolute atomic E-state index is 0.498. The molecule has 0 heterocycles. The molecule has 5 fully saturated rings. The summed E-state index contributed by atoms with van der Waals surface area (Å²) in [4.78, 5) is 0. The first-order valence-corrected chi connectivity index (χ1v) is 13.8. The first-order chi connectivity index (χ1) is 16.1. The molecule has 170 valence electrons. The number of rotatable bonds is 3. The summed E-state index contributed by atoms with van der Waals surface area (Å²) in [5, 5.41) is 2.85. The van der Waals surface area contributed by atoms with Crippen LogP contribution in [0.3, 0.4) is 0 Å². The van der Waals surface area contributed by atoms with E-state index < -0.39 is 0 Å². The zero-order chi connectivity index (χ0) is 22.0. The summed E-state index contributed by atoms with van der Waals surface area (Å²) < 4.78 is 0. The van der Waals surface area contributed by atoms with Crippen LogP contribution in [-0.4, -0.2) is 0 Å². The fourth-order valence-electron chi connectivity index (χ4n) is 8.87. The molecule has 0 aliphatic heterocycles. The van der Waals surface area contributed by atoms with Gasteiger partial charge in [0.15, 0.2) is 0 Å². The predicted molar refractivity (Wildman–Crippen MR) is 139 cm³/mol. The fourth-order valence-corrected chi connectivity index (χ4v) is 8.87. The van der Waals surface area contributed by atoms with Gasteiger partial charge in [0.2, 0.25) is 0 Å². The first kappa shape index (κ1) is 20.3. The minimum Gasteiger partial charge on any atom is -0.0741 e. The van der Waals surface area contributed by atoms with Gasteiger partial charge in [-0.2, -0.15) is 0 Å². The zero-order valence-electron chi connectivity index (χ0n) is 20.3. The van der Waals surface area contributed by atoms with Crippen LogP contribution >= 0.6 is 0 Å². The Morgan fingerprint density at radius 1 is 0.788 bits per heavy atom. The molecule has 5 saturated carbocycles. The lowest BCUT2D eigenvalue weighted by atomic mass is 9.48. The molecule has 0 radical (unpaired) electrons. The molecule has 8 rings (SSSR count). The fraction of sp³-hybridized carbons (Fsp3) is 0.515. The molecule has 0 unspecified atom stereocenters. The highest BCUT2D eigenvalue weighted by molar-refractivity contribution is 5.78. The van der Waals surface area contributed by atoms with Gasteiger partial charge in [-0.3, -0.25) is 0 Å². The van der Waals surface area contributed by atoms with Crippen molar-refractivity contribution in [3.05, 3.63) is 69.6 Å². The minimum atomic E-state index is 0.498. The summed E-state index contributed by atoms with van der Waals surface area (Å²) in [5.41, 5.74) is 7.77. The summed E-state index contributed by atoms with van der Waals surface area (Å²) in [6, 6.07) is 14.7. The Kier molecular flexibility index (Phi) is 4.75. The van der Waals surface area contributed by atoms with Crippen LogP contribution in [0.5, 0.6) is 0 Å². The van der Waals surface area contributed by atoms with Crippen molar-refractivity contribution >= 4 is 12.2 Å². The van der Waals surface area contributed by atoms with Gasteiger partial charge < -0.3 is 0 Å². The van der Waals surface area contributed by atoms with Gasteiger partial charge in [-0.1, -0.05) is 61.7 Å². The van der Waals surface area contributed by atoms with E-state index in [-0.39, 0.29) is 0 Å². The van der Waals surface area contributed by atoms with E-state index in [0.717, 1.165) is 23.7 Å². The van der Waals surface area contributed by atoms with E-state index in [2.05, 4.69) is 61.5 Å². The molecular formula is C33H38. The lowest BCUT2D eigenvalue weighted by Crippen LogP contribution is -2.48. The third-order valence-electron chi connectivity index (χ3n) is 9.91. The molecule has 0 aromatic heterocycles. The van der Waals surface area contributed by atoms with Crippen molar-refractivity contribution in [2.45, 2.75) is 83.0 Å². The normalized spacial score (nSPS) is 33.7. The average Bonchev–Trinajstić information content (AvgIpc) is 3.20. The second-order valence-electron chi connectivity index (χ2n) is 12.4. The molecule has 0 saturated heterocycles. The molecule has 2 aromatic rings. The van der Waals surface area contributed by atoms with E-state index in [1.54, 1.807) is 5.56 Å². The summed E-state index contributed by atoms with van der Waals surface area (Å²) in [7, 11) is 0. The molecular weight excluding hydrogens is 396 g/mol. The molecule has 0 N–H and O–H groups in total. The van der Waals surface area contributed by atoms with Crippen molar-refractivity contribution in [3.63, 3.8) is 0 Å². The van der Waals surface area contributed by atoms with Crippen LogP contribution in [0.25, 0.3) is 23.3 Å². The van der Waals surface area contributed by atoms with Gasteiger partial charge in [0.25, 0.3) is 0 Å². The van der Waals surface area contributed by atoms with Gasteiger partial charge in [0.05, 0.1) is 0 Å². The van der Waals surface area contributed by atoms with E-state index in [4.69, 9.17) is 0 Å².